The molecule has 0 atom stereocenters. The molecule has 0 fully saturated rings. The molecule has 1 aromatic rings. The Labute approximate surface area is 112 Å². The molecule has 7 heteroatoms. The van der Waals surface area contributed by atoms with Gasteiger partial charge in [-0.05, 0) is 31.5 Å². The van der Waals surface area contributed by atoms with Crippen LogP contribution in [0.1, 0.15) is 22.8 Å². The second-order valence-corrected chi connectivity index (χ2v) is 5.89. The van der Waals surface area contributed by atoms with Crippen LogP contribution in [-0.2, 0) is 19.4 Å². The molecule has 0 aromatic heterocycles. The van der Waals surface area contributed by atoms with Gasteiger partial charge in [-0.1, -0.05) is 0 Å². The quantitative estimate of drug-likeness (QED) is 0.653. The highest BCUT2D eigenvalue weighted by atomic mass is 32.2. The largest absolute Gasteiger partial charge is 0.462 e. The second kappa shape index (κ2) is 6.03. The van der Waals surface area contributed by atoms with E-state index >= 15 is 0 Å². The maximum Gasteiger partial charge on any atom is 0.338 e. The lowest BCUT2D eigenvalue weighted by Crippen LogP contribution is -2.12. The molecule has 1 aromatic carbocycles. The summed E-state index contributed by atoms with van der Waals surface area (Å²) in [6.45, 7) is 3.58. The van der Waals surface area contributed by atoms with Gasteiger partial charge >= 0.3 is 5.97 Å². The van der Waals surface area contributed by atoms with Gasteiger partial charge in [-0.2, -0.15) is 0 Å². The van der Waals surface area contributed by atoms with Crippen LogP contribution in [-0.4, -0.2) is 34.4 Å². The van der Waals surface area contributed by atoms with Gasteiger partial charge in [0.15, 0.2) is 9.84 Å². The summed E-state index contributed by atoms with van der Waals surface area (Å²) in [6.07, 6.45) is 1.09. The lowest BCUT2D eigenvalue weighted by Gasteiger charge is -2.15. The Kier molecular flexibility index (Phi) is 4.90. The molecule has 6 nitrogen and oxygen atoms in total. The van der Waals surface area contributed by atoms with Crippen molar-refractivity contribution in [3.8, 4) is 0 Å². The molecule has 0 aliphatic carbocycles. The number of esters is 1. The number of nitrogens with one attached hydrogen (secondary N) is 1. The summed E-state index contributed by atoms with van der Waals surface area (Å²) in [5, 5.41) is 0. The zero-order valence-electron chi connectivity index (χ0n) is 11.3. The average Bonchev–Trinajstić information content (AvgIpc) is 2.30. The van der Waals surface area contributed by atoms with E-state index in [2.05, 4.69) is 5.48 Å². The van der Waals surface area contributed by atoms with Crippen molar-refractivity contribution in [2.24, 2.45) is 0 Å². The van der Waals surface area contributed by atoms with Crippen LogP contribution in [0.2, 0.25) is 0 Å². The van der Waals surface area contributed by atoms with Crippen LogP contribution in [0.3, 0.4) is 0 Å². The molecule has 1 N–H and O–H groups in total. The zero-order chi connectivity index (χ0) is 14.6. The molecule has 0 amide bonds. The van der Waals surface area contributed by atoms with Gasteiger partial charge in [-0.25, -0.2) is 13.2 Å². The molecule has 0 saturated carbocycles. The van der Waals surface area contributed by atoms with Crippen molar-refractivity contribution in [3.63, 3.8) is 0 Å². The summed E-state index contributed by atoms with van der Waals surface area (Å²) in [7, 11) is -2.06. The Bertz CT molecular complexity index is 580. The van der Waals surface area contributed by atoms with Crippen molar-refractivity contribution in [2.75, 3.05) is 25.5 Å². The Morgan fingerprint density at radius 2 is 2.00 bits per heavy atom. The molecule has 0 saturated heterocycles. The summed E-state index contributed by atoms with van der Waals surface area (Å²) in [6, 6.07) is 2.79. The Morgan fingerprint density at radius 1 is 1.37 bits per heavy atom. The third-order valence-corrected chi connectivity index (χ3v) is 3.66. The van der Waals surface area contributed by atoms with Crippen molar-refractivity contribution in [2.45, 2.75) is 18.7 Å². The van der Waals surface area contributed by atoms with E-state index in [4.69, 9.17) is 9.57 Å². The predicted octanol–water partition coefficient (Wildman–Crippen LogP) is 1.55. The zero-order valence-corrected chi connectivity index (χ0v) is 12.1. The summed E-state index contributed by atoms with van der Waals surface area (Å²) in [5.41, 5.74) is 3.51. The first kappa shape index (κ1) is 15.5. The number of ether oxygens (including phenoxy) is 1. The van der Waals surface area contributed by atoms with Crippen LogP contribution in [0.25, 0.3) is 0 Å². The van der Waals surface area contributed by atoms with E-state index < -0.39 is 15.8 Å². The molecule has 106 valence electrons. The molecule has 1 rings (SSSR count). The standard InChI is InChI=1S/C12H17NO5S/c1-5-18-12(14)9-6-7-10(19(4,15)16)11(8(9)2)13-17-3/h6-7,13H,5H2,1-4H3. The maximum absolute atomic E-state index is 11.7. The number of sulfone groups is 1. The highest BCUT2D eigenvalue weighted by Crippen LogP contribution is 2.28. The van der Waals surface area contributed by atoms with Gasteiger partial charge in [0, 0.05) is 6.26 Å². The molecule has 0 radical (unpaired) electrons. The fourth-order valence-corrected chi connectivity index (χ4v) is 2.54. The minimum atomic E-state index is -3.43. The second-order valence-electron chi connectivity index (χ2n) is 3.91. The van der Waals surface area contributed by atoms with Crippen LogP contribution < -0.4 is 5.48 Å². The molecular formula is C12H17NO5S. The monoisotopic (exact) mass is 287 g/mol. The molecule has 0 aliphatic rings. The Morgan fingerprint density at radius 3 is 2.47 bits per heavy atom. The number of benzene rings is 1. The van der Waals surface area contributed by atoms with Gasteiger partial charge in [0.1, 0.15) is 0 Å². The topological polar surface area (TPSA) is 81.7 Å². The highest BCUT2D eigenvalue weighted by molar-refractivity contribution is 7.90. The number of hydrogen-bond donors (Lipinski definition) is 1. The first-order valence-electron chi connectivity index (χ1n) is 5.62. The van der Waals surface area contributed by atoms with Gasteiger partial charge in [0.2, 0.25) is 0 Å². The van der Waals surface area contributed by atoms with Gasteiger partial charge in [0.25, 0.3) is 0 Å². The third kappa shape index (κ3) is 3.45. The van der Waals surface area contributed by atoms with E-state index in [9.17, 15) is 13.2 Å². The summed E-state index contributed by atoms with van der Waals surface area (Å²) >= 11 is 0. The van der Waals surface area contributed by atoms with E-state index in [-0.39, 0.29) is 17.2 Å². The Balaban J connectivity index is 3.43. The third-order valence-electron chi connectivity index (χ3n) is 2.53. The van der Waals surface area contributed by atoms with Gasteiger partial charge < -0.3 is 4.74 Å². The fourth-order valence-electron chi connectivity index (χ4n) is 1.65. The molecule has 0 unspecified atom stereocenters. The lowest BCUT2D eigenvalue weighted by atomic mass is 10.1. The molecular weight excluding hydrogens is 270 g/mol. The first-order chi connectivity index (χ1) is 8.82. The number of hydrogen-bond acceptors (Lipinski definition) is 6. The number of carbonyl (C=O) groups is 1. The Hall–Kier alpha value is -1.60. The maximum atomic E-state index is 11.7. The normalized spacial score (nSPS) is 11.2. The number of rotatable bonds is 5. The minimum Gasteiger partial charge on any atom is -0.462 e. The van der Waals surface area contributed by atoms with Crippen molar-refractivity contribution in [1.82, 2.24) is 0 Å². The summed E-state index contributed by atoms with van der Waals surface area (Å²) < 4.78 is 28.3. The van der Waals surface area contributed by atoms with Crippen LogP contribution in [0, 0.1) is 6.92 Å². The molecule has 0 heterocycles. The van der Waals surface area contributed by atoms with Crippen molar-refractivity contribution in [3.05, 3.63) is 23.3 Å². The van der Waals surface area contributed by atoms with E-state index in [1.165, 1.54) is 19.2 Å². The summed E-state index contributed by atoms with van der Waals surface area (Å²) in [4.78, 5) is 16.6. The number of anilines is 1. The van der Waals surface area contributed by atoms with Gasteiger partial charge in [-0.3, -0.25) is 10.3 Å². The number of carbonyl (C=O) groups excluding carboxylic acids is 1. The molecule has 0 spiro atoms. The fraction of sp³-hybridized carbons (Fsp3) is 0.417. The lowest BCUT2D eigenvalue weighted by molar-refractivity contribution is 0.0525. The molecule has 0 bridgehead atoms. The summed E-state index contributed by atoms with van der Waals surface area (Å²) in [5.74, 6) is -0.501. The highest BCUT2D eigenvalue weighted by Gasteiger charge is 2.21. The van der Waals surface area contributed by atoms with Crippen LogP contribution in [0.15, 0.2) is 17.0 Å². The van der Waals surface area contributed by atoms with E-state index in [1.807, 2.05) is 0 Å². The predicted molar refractivity (Wildman–Crippen MR) is 70.9 cm³/mol. The molecule has 19 heavy (non-hydrogen) atoms. The average molecular weight is 287 g/mol. The van der Waals surface area contributed by atoms with Crippen molar-refractivity contribution >= 4 is 21.5 Å². The van der Waals surface area contributed by atoms with E-state index in [0.29, 0.717) is 11.1 Å². The van der Waals surface area contributed by atoms with Crippen LogP contribution >= 0.6 is 0 Å². The van der Waals surface area contributed by atoms with Crippen molar-refractivity contribution < 1.29 is 22.8 Å². The van der Waals surface area contributed by atoms with Crippen LogP contribution in [0.4, 0.5) is 5.69 Å². The first-order valence-corrected chi connectivity index (χ1v) is 7.51. The van der Waals surface area contributed by atoms with Crippen molar-refractivity contribution in [1.29, 1.82) is 0 Å². The minimum absolute atomic E-state index is 0.0694. The smallest absolute Gasteiger partial charge is 0.338 e. The van der Waals surface area contributed by atoms with E-state index in [0.717, 1.165) is 6.26 Å². The van der Waals surface area contributed by atoms with E-state index in [1.54, 1.807) is 13.8 Å². The SMILES string of the molecule is CCOC(=O)c1ccc(S(C)(=O)=O)c(NOC)c1C. The van der Waals surface area contributed by atoms with Crippen LogP contribution in [0.5, 0.6) is 0 Å². The van der Waals surface area contributed by atoms with Gasteiger partial charge in [0.05, 0.1) is 29.9 Å². The van der Waals surface area contributed by atoms with Gasteiger partial charge in [-0.15, -0.1) is 0 Å². The molecule has 0 aliphatic heterocycles.